The lowest BCUT2D eigenvalue weighted by molar-refractivity contribution is -0.121. The van der Waals surface area contributed by atoms with E-state index in [9.17, 15) is 4.79 Å². The van der Waals surface area contributed by atoms with Crippen molar-refractivity contribution in [3.63, 3.8) is 0 Å². The second-order valence-electron chi connectivity index (χ2n) is 2.76. The SMILES string of the molecule is C#CCOSC(C)C(=O)C(C)C. The van der Waals surface area contributed by atoms with Crippen molar-refractivity contribution in [3.05, 3.63) is 0 Å². The highest BCUT2D eigenvalue weighted by Gasteiger charge is 2.17. The maximum atomic E-state index is 11.3. The van der Waals surface area contributed by atoms with Crippen molar-refractivity contribution in [1.82, 2.24) is 0 Å². The van der Waals surface area contributed by atoms with E-state index < -0.39 is 0 Å². The van der Waals surface area contributed by atoms with Crippen molar-refractivity contribution in [3.8, 4) is 12.3 Å². The first kappa shape index (κ1) is 11.5. The van der Waals surface area contributed by atoms with Gasteiger partial charge in [0.25, 0.3) is 0 Å². The molecule has 0 aromatic heterocycles. The molecule has 2 nitrogen and oxygen atoms in total. The smallest absolute Gasteiger partial charge is 0.150 e. The molecule has 0 aliphatic heterocycles. The van der Waals surface area contributed by atoms with Crippen LogP contribution in [0, 0.1) is 18.3 Å². The maximum Gasteiger partial charge on any atom is 0.150 e. The lowest BCUT2D eigenvalue weighted by Crippen LogP contribution is -2.19. The summed E-state index contributed by atoms with van der Waals surface area (Å²) in [5.41, 5.74) is 0. The van der Waals surface area contributed by atoms with Crippen molar-refractivity contribution < 1.29 is 8.98 Å². The number of Topliss-reactive ketones (excluding diaryl/α,β-unsaturated/α-hetero) is 1. The fourth-order valence-electron chi connectivity index (χ4n) is 0.687. The minimum Gasteiger partial charge on any atom is -0.302 e. The first-order valence-corrected chi connectivity index (χ1v) is 4.65. The number of hydrogen-bond acceptors (Lipinski definition) is 3. The third-order valence-electron chi connectivity index (χ3n) is 1.32. The summed E-state index contributed by atoms with van der Waals surface area (Å²) >= 11 is 1.15. The van der Waals surface area contributed by atoms with Gasteiger partial charge in [-0.05, 0) is 6.92 Å². The predicted octanol–water partition coefficient (Wildman–Crippen LogP) is 1.90. The highest BCUT2D eigenvalue weighted by Crippen LogP contribution is 2.15. The Morgan fingerprint density at radius 1 is 1.58 bits per heavy atom. The quantitative estimate of drug-likeness (QED) is 0.372. The molecule has 3 heteroatoms. The van der Waals surface area contributed by atoms with E-state index in [0.717, 1.165) is 12.0 Å². The van der Waals surface area contributed by atoms with Gasteiger partial charge in [0.2, 0.25) is 0 Å². The summed E-state index contributed by atoms with van der Waals surface area (Å²) in [7, 11) is 0. The third kappa shape index (κ3) is 4.42. The van der Waals surface area contributed by atoms with E-state index in [-0.39, 0.29) is 23.6 Å². The molecule has 68 valence electrons. The Balaban J connectivity index is 3.66. The summed E-state index contributed by atoms with van der Waals surface area (Å²) in [6, 6.07) is 0. The van der Waals surface area contributed by atoms with Crippen LogP contribution in [0.25, 0.3) is 0 Å². The summed E-state index contributed by atoms with van der Waals surface area (Å²) in [5, 5.41) is -0.127. The van der Waals surface area contributed by atoms with Crippen LogP contribution in [0.15, 0.2) is 0 Å². The molecule has 0 spiro atoms. The van der Waals surface area contributed by atoms with E-state index in [1.54, 1.807) is 0 Å². The number of carbonyl (C=O) groups is 1. The van der Waals surface area contributed by atoms with Gasteiger partial charge in [-0.25, -0.2) is 0 Å². The summed E-state index contributed by atoms with van der Waals surface area (Å²) in [6.07, 6.45) is 4.98. The Labute approximate surface area is 78.3 Å². The van der Waals surface area contributed by atoms with Crippen LogP contribution in [0.4, 0.5) is 0 Å². The average Bonchev–Trinajstić information content (AvgIpc) is 2.03. The molecular formula is C9H14O2S. The molecule has 0 aromatic carbocycles. The van der Waals surface area contributed by atoms with E-state index in [1.807, 2.05) is 20.8 Å². The molecule has 0 saturated heterocycles. The molecule has 0 fully saturated rings. The molecule has 0 aromatic rings. The van der Waals surface area contributed by atoms with Gasteiger partial charge in [0.15, 0.2) is 0 Å². The Morgan fingerprint density at radius 3 is 2.58 bits per heavy atom. The highest BCUT2D eigenvalue weighted by atomic mass is 32.2. The summed E-state index contributed by atoms with van der Waals surface area (Å²) in [4.78, 5) is 11.3. The van der Waals surface area contributed by atoms with Crippen LogP contribution in [-0.4, -0.2) is 17.6 Å². The maximum absolute atomic E-state index is 11.3. The molecule has 0 N–H and O–H groups in total. The van der Waals surface area contributed by atoms with Crippen LogP contribution in [-0.2, 0) is 8.98 Å². The second-order valence-corrected chi connectivity index (χ2v) is 3.90. The van der Waals surface area contributed by atoms with E-state index in [2.05, 4.69) is 5.92 Å². The standard InChI is InChI=1S/C9H14O2S/c1-5-6-11-12-8(4)9(10)7(2)3/h1,7-8H,6H2,2-4H3. The Kier molecular flexibility index (Phi) is 5.87. The van der Waals surface area contributed by atoms with Gasteiger partial charge < -0.3 is 4.18 Å². The zero-order chi connectivity index (χ0) is 9.56. The van der Waals surface area contributed by atoms with Gasteiger partial charge >= 0.3 is 0 Å². The normalized spacial score (nSPS) is 12.6. The lowest BCUT2D eigenvalue weighted by Gasteiger charge is -2.10. The van der Waals surface area contributed by atoms with Gasteiger partial charge in [0.05, 0.1) is 5.25 Å². The molecule has 0 amide bonds. The monoisotopic (exact) mass is 186 g/mol. The van der Waals surface area contributed by atoms with Gasteiger partial charge in [0, 0.05) is 18.0 Å². The van der Waals surface area contributed by atoms with E-state index in [4.69, 9.17) is 10.6 Å². The fourth-order valence-corrected chi connectivity index (χ4v) is 1.39. The minimum absolute atomic E-state index is 0.0573. The number of ketones is 1. The van der Waals surface area contributed by atoms with Crippen molar-refractivity contribution in [2.75, 3.05) is 6.61 Å². The molecule has 12 heavy (non-hydrogen) atoms. The number of rotatable bonds is 5. The largest absolute Gasteiger partial charge is 0.302 e. The molecular weight excluding hydrogens is 172 g/mol. The molecule has 0 radical (unpaired) electrons. The van der Waals surface area contributed by atoms with Gasteiger partial charge in [-0.1, -0.05) is 19.8 Å². The van der Waals surface area contributed by atoms with E-state index in [1.165, 1.54) is 0 Å². The van der Waals surface area contributed by atoms with Gasteiger partial charge in [0.1, 0.15) is 12.4 Å². The molecule has 0 bridgehead atoms. The number of hydrogen-bond donors (Lipinski definition) is 0. The number of terminal acetylenes is 1. The topological polar surface area (TPSA) is 26.3 Å². The van der Waals surface area contributed by atoms with Crippen LogP contribution < -0.4 is 0 Å². The van der Waals surface area contributed by atoms with Crippen molar-refractivity contribution >= 4 is 17.8 Å². The molecule has 0 aliphatic rings. The van der Waals surface area contributed by atoms with Gasteiger partial charge in [-0.2, -0.15) is 0 Å². The summed E-state index contributed by atoms with van der Waals surface area (Å²) < 4.78 is 4.98. The molecule has 0 saturated carbocycles. The van der Waals surface area contributed by atoms with Crippen LogP contribution in [0.5, 0.6) is 0 Å². The Hall–Kier alpha value is -0.460. The lowest BCUT2D eigenvalue weighted by atomic mass is 10.1. The Morgan fingerprint density at radius 2 is 2.17 bits per heavy atom. The van der Waals surface area contributed by atoms with Gasteiger partial charge in [-0.3, -0.25) is 4.79 Å². The van der Waals surface area contributed by atoms with Crippen LogP contribution in [0.3, 0.4) is 0 Å². The molecule has 1 unspecified atom stereocenters. The van der Waals surface area contributed by atoms with Crippen LogP contribution >= 0.6 is 12.0 Å². The summed E-state index contributed by atoms with van der Waals surface area (Å²) in [6.45, 7) is 5.82. The zero-order valence-electron chi connectivity index (χ0n) is 7.66. The molecule has 0 rings (SSSR count). The minimum atomic E-state index is -0.127. The summed E-state index contributed by atoms with van der Waals surface area (Å²) in [5.74, 6) is 2.59. The average molecular weight is 186 g/mol. The molecule has 1 atom stereocenters. The van der Waals surface area contributed by atoms with Crippen LogP contribution in [0.2, 0.25) is 0 Å². The first-order chi connectivity index (χ1) is 5.59. The number of carbonyl (C=O) groups excluding carboxylic acids is 1. The highest BCUT2D eigenvalue weighted by molar-refractivity contribution is 7.96. The van der Waals surface area contributed by atoms with Crippen molar-refractivity contribution in [1.29, 1.82) is 0 Å². The fraction of sp³-hybridized carbons (Fsp3) is 0.667. The van der Waals surface area contributed by atoms with Gasteiger partial charge in [-0.15, -0.1) is 6.42 Å². The third-order valence-corrected chi connectivity index (χ3v) is 2.10. The van der Waals surface area contributed by atoms with E-state index in [0.29, 0.717) is 0 Å². The second kappa shape index (κ2) is 6.10. The van der Waals surface area contributed by atoms with E-state index >= 15 is 0 Å². The van der Waals surface area contributed by atoms with Crippen molar-refractivity contribution in [2.24, 2.45) is 5.92 Å². The molecule has 0 aliphatic carbocycles. The predicted molar refractivity (Wildman–Crippen MR) is 51.7 cm³/mol. The molecule has 0 heterocycles. The Bertz CT molecular complexity index is 181. The van der Waals surface area contributed by atoms with Crippen LogP contribution in [0.1, 0.15) is 20.8 Å². The van der Waals surface area contributed by atoms with Crippen molar-refractivity contribution in [2.45, 2.75) is 26.0 Å². The zero-order valence-corrected chi connectivity index (χ0v) is 8.48. The first-order valence-electron chi connectivity index (χ1n) is 3.85.